The molecule has 1 unspecified atom stereocenters. The maximum atomic E-state index is 6.79. The zero-order chi connectivity index (χ0) is 15.0. The summed E-state index contributed by atoms with van der Waals surface area (Å²) in [5.74, 6) is 0.372. The zero-order valence-corrected chi connectivity index (χ0v) is 14.6. The fourth-order valence-corrected chi connectivity index (χ4v) is 6.35. The minimum Gasteiger partial charge on any atom is -0.161 e. The first-order chi connectivity index (χ1) is 9.98. The van der Waals surface area contributed by atoms with Crippen molar-refractivity contribution >= 4 is 18.5 Å². The molecule has 2 heteroatoms. The van der Waals surface area contributed by atoms with E-state index >= 15 is 0 Å². The topological polar surface area (TPSA) is 0 Å². The highest BCUT2D eigenvalue weighted by Crippen LogP contribution is 2.46. The molecule has 0 aromatic heterocycles. The summed E-state index contributed by atoms with van der Waals surface area (Å²) in [4.78, 5) is 0. The molecule has 0 fully saturated rings. The van der Waals surface area contributed by atoms with Crippen molar-refractivity contribution in [1.29, 1.82) is 0 Å². The molecular weight excluding hydrogens is 292 g/mol. The molecule has 2 aliphatic rings. The summed E-state index contributed by atoms with van der Waals surface area (Å²) in [6, 6.07) is 10.8. The van der Waals surface area contributed by atoms with Gasteiger partial charge in [0.1, 0.15) is 0 Å². The molecule has 0 amide bonds. The van der Waals surface area contributed by atoms with Gasteiger partial charge in [-0.1, -0.05) is 73.3 Å². The van der Waals surface area contributed by atoms with Crippen LogP contribution in [0.5, 0.6) is 0 Å². The molecule has 0 radical (unpaired) electrons. The first-order valence-corrected chi connectivity index (χ1v) is 11.5. The Labute approximate surface area is 133 Å². The average molecular weight is 313 g/mol. The maximum absolute atomic E-state index is 6.79. The molecule has 2 aliphatic carbocycles. The molecule has 3 rings (SSSR count). The molecule has 108 valence electrons. The SMILES string of the molecule is CC1=C([Si](C)(C)Cl)C2=C(C1)C(c1ccccc1)C=CC=C2. The van der Waals surface area contributed by atoms with Crippen molar-refractivity contribution in [3.05, 3.63) is 82.1 Å². The first kappa shape index (κ1) is 14.6. The van der Waals surface area contributed by atoms with E-state index in [9.17, 15) is 0 Å². The summed E-state index contributed by atoms with van der Waals surface area (Å²) in [6.45, 7) is 6.71. The largest absolute Gasteiger partial charge is 0.181 e. The summed E-state index contributed by atoms with van der Waals surface area (Å²) in [7, 11) is -1.83. The van der Waals surface area contributed by atoms with E-state index in [1.54, 1.807) is 0 Å². The van der Waals surface area contributed by atoms with Crippen molar-refractivity contribution in [3.63, 3.8) is 0 Å². The number of hydrogen-bond donors (Lipinski definition) is 0. The predicted molar refractivity (Wildman–Crippen MR) is 95.1 cm³/mol. The molecule has 0 heterocycles. The fraction of sp³-hybridized carbons (Fsp3) is 0.263. The van der Waals surface area contributed by atoms with Crippen LogP contribution in [-0.2, 0) is 0 Å². The second-order valence-electron chi connectivity index (χ2n) is 6.38. The van der Waals surface area contributed by atoms with Crippen molar-refractivity contribution < 1.29 is 0 Å². The van der Waals surface area contributed by atoms with E-state index in [0.717, 1.165) is 6.42 Å². The Morgan fingerprint density at radius 3 is 2.48 bits per heavy atom. The van der Waals surface area contributed by atoms with E-state index in [4.69, 9.17) is 11.1 Å². The van der Waals surface area contributed by atoms with Gasteiger partial charge in [-0.15, -0.1) is 0 Å². The van der Waals surface area contributed by atoms with Crippen molar-refractivity contribution in [1.82, 2.24) is 0 Å². The second kappa shape index (κ2) is 5.47. The summed E-state index contributed by atoms with van der Waals surface area (Å²) in [6.07, 6.45) is 9.96. The van der Waals surface area contributed by atoms with Crippen LogP contribution in [0.15, 0.2) is 76.6 Å². The molecule has 0 N–H and O–H groups in total. The third kappa shape index (κ3) is 2.73. The van der Waals surface area contributed by atoms with Crippen LogP contribution in [0, 0.1) is 0 Å². The highest BCUT2D eigenvalue weighted by molar-refractivity contribution is 7.23. The monoisotopic (exact) mass is 312 g/mol. The molecule has 0 spiro atoms. The van der Waals surface area contributed by atoms with Gasteiger partial charge in [0, 0.05) is 5.92 Å². The molecular formula is C19H21ClSi. The lowest BCUT2D eigenvalue weighted by atomic mass is 9.88. The average Bonchev–Trinajstić information content (AvgIpc) is 2.63. The van der Waals surface area contributed by atoms with E-state index < -0.39 is 7.38 Å². The van der Waals surface area contributed by atoms with E-state index in [1.165, 1.54) is 27.5 Å². The Morgan fingerprint density at radius 1 is 1.10 bits per heavy atom. The molecule has 1 aromatic rings. The van der Waals surface area contributed by atoms with Crippen LogP contribution in [0.2, 0.25) is 13.1 Å². The van der Waals surface area contributed by atoms with Crippen LogP contribution in [0.25, 0.3) is 0 Å². The number of rotatable bonds is 2. The minimum atomic E-state index is -1.83. The van der Waals surface area contributed by atoms with Crippen LogP contribution < -0.4 is 0 Å². The van der Waals surface area contributed by atoms with Crippen LogP contribution in [-0.4, -0.2) is 7.38 Å². The van der Waals surface area contributed by atoms with Gasteiger partial charge in [0.15, 0.2) is 7.38 Å². The third-order valence-corrected chi connectivity index (χ3v) is 6.76. The van der Waals surface area contributed by atoms with Gasteiger partial charge in [0.2, 0.25) is 0 Å². The van der Waals surface area contributed by atoms with Gasteiger partial charge in [-0.05, 0) is 35.3 Å². The number of allylic oxidation sites excluding steroid dienone is 8. The van der Waals surface area contributed by atoms with Crippen LogP contribution >= 0.6 is 11.1 Å². The molecule has 1 atom stereocenters. The van der Waals surface area contributed by atoms with Gasteiger partial charge < -0.3 is 0 Å². The van der Waals surface area contributed by atoms with Crippen LogP contribution in [0.3, 0.4) is 0 Å². The highest BCUT2D eigenvalue weighted by Gasteiger charge is 2.35. The molecule has 0 nitrogen and oxygen atoms in total. The Bertz CT molecular complexity index is 669. The van der Waals surface area contributed by atoms with Gasteiger partial charge in [0.05, 0.1) is 0 Å². The smallest absolute Gasteiger partial charge is 0.161 e. The number of hydrogen-bond acceptors (Lipinski definition) is 0. The lowest BCUT2D eigenvalue weighted by Gasteiger charge is -2.20. The number of halogens is 1. The van der Waals surface area contributed by atoms with E-state index in [-0.39, 0.29) is 0 Å². The molecule has 21 heavy (non-hydrogen) atoms. The van der Waals surface area contributed by atoms with E-state index in [1.807, 2.05) is 0 Å². The van der Waals surface area contributed by atoms with Gasteiger partial charge in [-0.3, -0.25) is 0 Å². The normalized spacial score (nSPS) is 21.8. The van der Waals surface area contributed by atoms with Gasteiger partial charge in [0.25, 0.3) is 0 Å². The Hall–Kier alpha value is -1.31. The Morgan fingerprint density at radius 2 is 1.81 bits per heavy atom. The fourth-order valence-electron chi connectivity index (χ4n) is 3.57. The zero-order valence-electron chi connectivity index (χ0n) is 12.9. The lowest BCUT2D eigenvalue weighted by molar-refractivity contribution is 0.933. The molecule has 0 saturated heterocycles. The summed E-state index contributed by atoms with van der Waals surface area (Å²) < 4.78 is 0. The first-order valence-electron chi connectivity index (χ1n) is 7.51. The van der Waals surface area contributed by atoms with Gasteiger partial charge in [-0.25, -0.2) is 0 Å². The summed E-state index contributed by atoms with van der Waals surface area (Å²) in [5, 5.41) is 1.44. The lowest BCUT2D eigenvalue weighted by Crippen LogP contribution is -2.22. The maximum Gasteiger partial charge on any atom is 0.181 e. The summed E-state index contributed by atoms with van der Waals surface area (Å²) >= 11 is 6.79. The Kier molecular flexibility index (Phi) is 3.81. The predicted octanol–water partition coefficient (Wildman–Crippen LogP) is 5.90. The standard InChI is InChI=1S/C19H21ClSi/c1-14-13-18-16(15-9-5-4-6-10-15)11-7-8-12-17(18)19(14)21(2,3)20/h4-12,16H,13H2,1-3H3. The highest BCUT2D eigenvalue weighted by atomic mass is 35.6. The van der Waals surface area contributed by atoms with Gasteiger partial charge in [-0.2, -0.15) is 11.1 Å². The molecule has 1 aromatic carbocycles. The molecule has 0 saturated carbocycles. The molecule has 0 aliphatic heterocycles. The molecule has 0 bridgehead atoms. The quantitative estimate of drug-likeness (QED) is 0.471. The van der Waals surface area contributed by atoms with Crippen molar-refractivity contribution in [3.8, 4) is 0 Å². The van der Waals surface area contributed by atoms with E-state index in [0.29, 0.717) is 5.92 Å². The minimum absolute atomic E-state index is 0.372. The Balaban J connectivity index is 2.11. The van der Waals surface area contributed by atoms with Gasteiger partial charge >= 0.3 is 0 Å². The third-order valence-electron chi connectivity index (χ3n) is 4.30. The van der Waals surface area contributed by atoms with Crippen molar-refractivity contribution in [2.75, 3.05) is 0 Å². The second-order valence-corrected chi connectivity index (χ2v) is 12.7. The van der Waals surface area contributed by atoms with Crippen LogP contribution in [0.1, 0.15) is 24.8 Å². The van der Waals surface area contributed by atoms with Crippen LogP contribution in [0.4, 0.5) is 0 Å². The number of benzene rings is 1. The van der Waals surface area contributed by atoms with E-state index in [2.05, 4.69) is 74.7 Å². The summed E-state index contributed by atoms with van der Waals surface area (Å²) in [5.41, 5.74) is 5.75. The van der Waals surface area contributed by atoms with Crippen molar-refractivity contribution in [2.45, 2.75) is 32.4 Å². The van der Waals surface area contributed by atoms with Crippen molar-refractivity contribution in [2.24, 2.45) is 0 Å².